The van der Waals surface area contributed by atoms with Crippen molar-refractivity contribution in [2.45, 2.75) is 64.6 Å². The van der Waals surface area contributed by atoms with E-state index in [1.807, 2.05) is 48.5 Å². The number of aryl methyl sites for hydroxylation is 2. The zero-order chi connectivity index (χ0) is 25.0. The van der Waals surface area contributed by atoms with Crippen molar-refractivity contribution < 1.29 is 18.8 Å². The van der Waals surface area contributed by atoms with Gasteiger partial charge in [0.25, 0.3) is 0 Å². The quantitative estimate of drug-likeness (QED) is 0.113. The van der Waals surface area contributed by atoms with Crippen LogP contribution in [0.1, 0.15) is 61.0 Å². The van der Waals surface area contributed by atoms with Gasteiger partial charge >= 0.3 is 5.97 Å². The van der Waals surface area contributed by atoms with E-state index >= 15 is 0 Å². The molecular weight excluding hydrogens is 448 g/mol. The summed E-state index contributed by atoms with van der Waals surface area (Å²) in [4.78, 5) is 12.5. The molecule has 2 aromatic carbocycles. The van der Waals surface area contributed by atoms with Crippen molar-refractivity contribution >= 4 is 16.9 Å². The van der Waals surface area contributed by atoms with Gasteiger partial charge in [0, 0.05) is 30.5 Å². The molecule has 0 amide bonds. The van der Waals surface area contributed by atoms with Crippen LogP contribution in [-0.4, -0.2) is 17.6 Å². The summed E-state index contributed by atoms with van der Waals surface area (Å²) in [6.07, 6.45) is 12.7. The molecule has 0 radical (unpaired) electrons. The molecule has 0 aliphatic heterocycles. The van der Waals surface area contributed by atoms with E-state index in [1.165, 1.54) is 39.2 Å². The van der Waals surface area contributed by atoms with E-state index in [4.69, 9.17) is 9.47 Å². The lowest BCUT2D eigenvalue weighted by atomic mass is 10.1. The number of ether oxygens (including phenoxy) is 2. The van der Waals surface area contributed by atoms with Gasteiger partial charge in [-0.3, -0.25) is 0 Å². The molecule has 5 heteroatoms. The predicted molar refractivity (Wildman–Crippen MR) is 143 cm³/mol. The second-order valence-corrected chi connectivity index (χ2v) is 9.22. The minimum atomic E-state index is -0.309. The number of pyridine rings is 1. The van der Waals surface area contributed by atoms with Crippen LogP contribution < -0.4 is 9.30 Å². The Labute approximate surface area is 214 Å². The molecule has 36 heavy (non-hydrogen) atoms. The smallest absolute Gasteiger partial charge is 0.354 e. The van der Waals surface area contributed by atoms with Crippen LogP contribution in [0.25, 0.3) is 10.9 Å². The van der Waals surface area contributed by atoms with Gasteiger partial charge in [0.2, 0.25) is 0 Å². The standard InChI is InChI=1S/C31H37N2O3/c1-35-31(34)29-24-27-28(18-15-19-30(27)36-25-26-16-9-7-10-17-26)33(29)23-14-6-4-2-3-5-11-20-32-21-12-8-13-22-32/h7-10,12-13,15-19,21-22,24H,2-6,11,14,20,23,25H2,1H3/q+1. The number of aromatic nitrogens is 2. The van der Waals surface area contributed by atoms with Crippen LogP contribution in [-0.2, 0) is 24.4 Å². The molecule has 0 aliphatic rings. The Bertz CT molecular complexity index is 1220. The molecule has 188 valence electrons. The van der Waals surface area contributed by atoms with E-state index in [0.29, 0.717) is 12.3 Å². The summed E-state index contributed by atoms with van der Waals surface area (Å²) in [6, 6.07) is 24.3. The number of carbonyl (C=O) groups is 1. The molecular formula is C31H37N2O3+. The Balaban J connectivity index is 1.29. The number of hydrogen-bond acceptors (Lipinski definition) is 3. The van der Waals surface area contributed by atoms with Gasteiger partial charge in [0.15, 0.2) is 12.4 Å². The van der Waals surface area contributed by atoms with Crippen molar-refractivity contribution in [3.05, 3.63) is 96.4 Å². The van der Waals surface area contributed by atoms with Crippen LogP contribution in [0.4, 0.5) is 0 Å². The van der Waals surface area contributed by atoms with E-state index in [9.17, 15) is 4.79 Å². The van der Waals surface area contributed by atoms with E-state index in [-0.39, 0.29) is 5.97 Å². The molecule has 0 aliphatic carbocycles. The predicted octanol–water partition coefficient (Wildman–Crippen LogP) is 6.73. The van der Waals surface area contributed by atoms with Crippen molar-refractivity contribution in [3.63, 3.8) is 0 Å². The fraction of sp³-hybridized carbons (Fsp3) is 0.355. The average molecular weight is 486 g/mol. The minimum Gasteiger partial charge on any atom is -0.488 e. The van der Waals surface area contributed by atoms with E-state index < -0.39 is 0 Å². The number of nitrogens with zero attached hydrogens (tertiary/aromatic N) is 2. The van der Waals surface area contributed by atoms with E-state index in [1.54, 1.807) is 0 Å². The molecule has 5 nitrogen and oxygen atoms in total. The number of rotatable bonds is 14. The first-order valence-electron chi connectivity index (χ1n) is 13.1. The Morgan fingerprint density at radius 2 is 1.50 bits per heavy atom. The molecule has 4 rings (SSSR count). The van der Waals surface area contributed by atoms with Crippen LogP contribution in [0.3, 0.4) is 0 Å². The summed E-state index contributed by atoms with van der Waals surface area (Å²) >= 11 is 0. The summed E-state index contributed by atoms with van der Waals surface area (Å²) < 4.78 is 15.6. The molecule has 0 spiro atoms. The molecule has 0 unspecified atom stereocenters. The van der Waals surface area contributed by atoms with Crippen molar-refractivity contribution in [2.75, 3.05) is 7.11 Å². The maximum Gasteiger partial charge on any atom is 0.354 e. The second kappa shape index (κ2) is 13.5. The topological polar surface area (TPSA) is 44.3 Å². The molecule has 0 saturated heterocycles. The van der Waals surface area contributed by atoms with Crippen LogP contribution in [0.2, 0.25) is 0 Å². The molecule has 2 aromatic heterocycles. The lowest BCUT2D eigenvalue weighted by Gasteiger charge is -2.11. The summed E-state index contributed by atoms with van der Waals surface area (Å²) in [5.74, 6) is 0.477. The molecule has 4 aromatic rings. The number of fused-ring (bicyclic) bond motifs is 1. The molecule has 0 fully saturated rings. The van der Waals surface area contributed by atoms with Crippen LogP contribution >= 0.6 is 0 Å². The van der Waals surface area contributed by atoms with Crippen LogP contribution in [0, 0.1) is 0 Å². The fourth-order valence-electron chi connectivity index (χ4n) is 4.66. The largest absolute Gasteiger partial charge is 0.488 e. The Morgan fingerprint density at radius 3 is 2.25 bits per heavy atom. The molecule has 0 N–H and O–H groups in total. The minimum absolute atomic E-state index is 0.309. The van der Waals surface area contributed by atoms with Gasteiger partial charge in [-0.1, -0.05) is 68.1 Å². The fourth-order valence-corrected chi connectivity index (χ4v) is 4.66. The van der Waals surface area contributed by atoms with Crippen LogP contribution in [0.5, 0.6) is 5.75 Å². The highest BCUT2D eigenvalue weighted by Crippen LogP contribution is 2.30. The first-order valence-corrected chi connectivity index (χ1v) is 13.1. The van der Waals surface area contributed by atoms with Gasteiger partial charge in [-0.25, -0.2) is 9.36 Å². The van der Waals surface area contributed by atoms with Gasteiger partial charge in [0.1, 0.15) is 24.6 Å². The Kier molecular flexibility index (Phi) is 9.54. The zero-order valence-electron chi connectivity index (χ0n) is 21.3. The number of unbranched alkanes of at least 4 members (excludes halogenated alkanes) is 6. The first kappa shape index (κ1) is 25.5. The lowest BCUT2D eigenvalue weighted by Crippen LogP contribution is -2.32. The Morgan fingerprint density at radius 1 is 0.806 bits per heavy atom. The number of esters is 1. The summed E-state index contributed by atoms with van der Waals surface area (Å²) in [5, 5.41) is 0.949. The van der Waals surface area contributed by atoms with E-state index in [2.05, 4.69) is 45.8 Å². The number of carbonyl (C=O) groups excluding carboxylic acids is 1. The van der Waals surface area contributed by atoms with Crippen LogP contribution in [0.15, 0.2) is 85.2 Å². The summed E-state index contributed by atoms with van der Waals surface area (Å²) in [7, 11) is 1.44. The van der Waals surface area contributed by atoms with Gasteiger partial charge < -0.3 is 14.0 Å². The first-order chi connectivity index (χ1) is 17.8. The second-order valence-electron chi connectivity index (χ2n) is 9.22. The SMILES string of the molecule is COC(=O)c1cc2c(OCc3ccccc3)cccc2n1CCCCCCCCC[n+]1ccccc1. The number of hydrogen-bond donors (Lipinski definition) is 0. The van der Waals surface area contributed by atoms with Crippen molar-refractivity contribution in [3.8, 4) is 5.75 Å². The highest BCUT2D eigenvalue weighted by molar-refractivity contribution is 5.97. The number of methoxy groups -OCH3 is 1. The highest BCUT2D eigenvalue weighted by Gasteiger charge is 2.18. The van der Waals surface area contributed by atoms with Crippen molar-refractivity contribution in [1.29, 1.82) is 0 Å². The molecule has 0 bridgehead atoms. The number of benzene rings is 2. The average Bonchev–Trinajstić information content (AvgIpc) is 3.30. The molecule has 2 heterocycles. The highest BCUT2D eigenvalue weighted by atomic mass is 16.5. The van der Waals surface area contributed by atoms with E-state index in [0.717, 1.165) is 48.1 Å². The third-order valence-corrected chi connectivity index (χ3v) is 6.61. The van der Waals surface area contributed by atoms with Gasteiger partial charge in [-0.15, -0.1) is 0 Å². The third kappa shape index (κ3) is 6.97. The third-order valence-electron chi connectivity index (χ3n) is 6.61. The van der Waals surface area contributed by atoms with Crippen molar-refractivity contribution in [2.24, 2.45) is 0 Å². The summed E-state index contributed by atoms with van der Waals surface area (Å²) in [6.45, 7) is 2.37. The molecule has 0 atom stereocenters. The zero-order valence-corrected chi connectivity index (χ0v) is 21.3. The summed E-state index contributed by atoms with van der Waals surface area (Å²) in [5.41, 5.74) is 2.71. The van der Waals surface area contributed by atoms with Gasteiger partial charge in [-0.2, -0.15) is 0 Å². The Hall–Kier alpha value is -3.60. The lowest BCUT2D eigenvalue weighted by molar-refractivity contribution is -0.697. The van der Waals surface area contributed by atoms with Gasteiger partial charge in [-0.05, 0) is 36.6 Å². The monoisotopic (exact) mass is 485 g/mol. The van der Waals surface area contributed by atoms with Crippen molar-refractivity contribution in [1.82, 2.24) is 4.57 Å². The van der Waals surface area contributed by atoms with Gasteiger partial charge in [0.05, 0.1) is 12.6 Å². The maximum atomic E-state index is 12.5. The molecule has 0 saturated carbocycles. The maximum absolute atomic E-state index is 12.5. The normalized spacial score (nSPS) is 11.0.